The van der Waals surface area contributed by atoms with Gasteiger partial charge in [0.1, 0.15) is 0 Å². The van der Waals surface area contributed by atoms with Crippen molar-refractivity contribution in [3.8, 4) is 0 Å². The Morgan fingerprint density at radius 1 is 1.06 bits per heavy atom. The van der Waals surface area contributed by atoms with E-state index in [1.165, 1.54) is 35.3 Å². The van der Waals surface area contributed by atoms with E-state index in [1.807, 2.05) is 22.5 Å². The molecule has 2 aromatic rings. The molecule has 2 fully saturated rings. The summed E-state index contributed by atoms with van der Waals surface area (Å²) >= 11 is 1.44. The number of carbonyl (C=O) groups is 1. The van der Waals surface area contributed by atoms with Gasteiger partial charge in [0.05, 0.1) is 34.9 Å². The first-order chi connectivity index (χ1) is 15.5. The Morgan fingerprint density at radius 2 is 1.75 bits per heavy atom. The smallest absolute Gasteiger partial charge is 0.243 e. The van der Waals surface area contributed by atoms with Gasteiger partial charge in [-0.05, 0) is 38.0 Å². The SMILES string of the molecule is CCn1c(SCC(=O)N2CCCCCCC2)nc2cc(S(=O)(=O)N3CCOCC3)ccc21. The molecule has 32 heavy (non-hydrogen) atoms. The van der Waals surface area contributed by atoms with Crippen LogP contribution in [-0.4, -0.2) is 78.2 Å². The number of aryl methyl sites for hydroxylation is 1. The van der Waals surface area contributed by atoms with Crippen molar-refractivity contribution in [3.63, 3.8) is 0 Å². The molecule has 4 rings (SSSR count). The van der Waals surface area contributed by atoms with Crippen molar-refractivity contribution < 1.29 is 17.9 Å². The van der Waals surface area contributed by atoms with Gasteiger partial charge in [-0.15, -0.1) is 0 Å². The van der Waals surface area contributed by atoms with Gasteiger partial charge >= 0.3 is 0 Å². The van der Waals surface area contributed by atoms with Crippen molar-refractivity contribution in [1.82, 2.24) is 18.8 Å². The van der Waals surface area contributed by atoms with E-state index >= 15 is 0 Å². The molecule has 2 aliphatic rings. The van der Waals surface area contributed by atoms with Crippen LogP contribution >= 0.6 is 11.8 Å². The second-order valence-corrected chi connectivity index (χ2v) is 11.1. The maximum Gasteiger partial charge on any atom is 0.243 e. The maximum atomic E-state index is 13.0. The molecule has 2 aliphatic heterocycles. The molecule has 3 heterocycles. The van der Waals surface area contributed by atoms with Gasteiger partial charge in [-0.1, -0.05) is 31.0 Å². The zero-order valence-corrected chi connectivity index (χ0v) is 20.3. The number of hydrogen-bond acceptors (Lipinski definition) is 6. The number of rotatable bonds is 6. The molecule has 0 radical (unpaired) electrons. The van der Waals surface area contributed by atoms with Crippen molar-refractivity contribution in [2.75, 3.05) is 45.1 Å². The van der Waals surface area contributed by atoms with Gasteiger partial charge in [0.2, 0.25) is 15.9 Å². The highest BCUT2D eigenvalue weighted by Crippen LogP contribution is 2.28. The number of amides is 1. The lowest BCUT2D eigenvalue weighted by atomic mass is 10.1. The number of ether oxygens (including phenoxy) is 1. The molecule has 0 saturated carbocycles. The molecule has 0 bridgehead atoms. The fourth-order valence-corrected chi connectivity index (χ4v) is 6.72. The summed E-state index contributed by atoms with van der Waals surface area (Å²) in [6.45, 7) is 5.97. The topological polar surface area (TPSA) is 84.7 Å². The molecule has 0 aliphatic carbocycles. The summed E-state index contributed by atoms with van der Waals surface area (Å²) in [6.07, 6.45) is 5.80. The van der Waals surface area contributed by atoms with Gasteiger partial charge in [-0.25, -0.2) is 13.4 Å². The predicted octanol–water partition coefficient (Wildman–Crippen LogP) is 2.96. The minimum absolute atomic E-state index is 0.155. The van der Waals surface area contributed by atoms with Crippen LogP contribution in [-0.2, 0) is 26.1 Å². The normalized spacial score (nSPS) is 19.1. The second kappa shape index (κ2) is 10.5. The molecule has 176 valence electrons. The zero-order chi connectivity index (χ0) is 22.6. The van der Waals surface area contributed by atoms with Crippen LogP contribution in [0.5, 0.6) is 0 Å². The molecule has 0 atom stereocenters. The van der Waals surface area contributed by atoms with Crippen molar-refractivity contribution in [3.05, 3.63) is 18.2 Å². The minimum Gasteiger partial charge on any atom is -0.379 e. The summed E-state index contributed by atoms with van der Waals surface area (Å²) < 4.78 is 34.8. The first-order valence-corrected chi connectivity index (χ1v) is 13.9. The molecule has 2 saturated heterocycles. The van der Waals surface area contributed by atoms with E-state index in [-0.39, 0.29) is 10.8 Å². The van der Waals surface area contributed by atoms with Crippen LogP contribution in [0, 0.1) is 0 Å². The van der Waals surface area contributed by atoms with E-state index in [0.29, 0.717) is 44.1 Å². The molecule has 10 heteroatoms. The van der Waals surface area contributed by atoms with Crippen LogP contribution in [0.3, 0.4) is 0 Å². The van der Waals surface area contributed by atoms with Gasteiger partial charge in [-0.3, -0.25) is 4.79 Å². The highest BCUT2D eigenvalue weighted by atomic mass is 32.2. The van der Waals surface area contributed by atoms with Gasteiger partial charge in [0, 0.05) is 32.7 Å². The van der Waals surface area contributed by atoms with Gasteiger partial charge < -0.3 is 14.2 Å². The first-order valence-electron chi connectivity index (χ1n) is 11.5. The summed E-state index contributed by atoms with van der Waals surface area (Å²) in [7, 11) is -3.57. The number of imidazole rings is 1. The quantitative estimate of drug-likeness (QED) is 0.591. The van der Waals surface area contributed by atoms with Crippen LogP contribution < -0.4 is 0 Å². The van der Waals surface area contributed by atoms with Gasteiger partial charge in [-0.2, -0.15) is 4.31 Å². The van der Waals surface area contributed by atoms with E-state index in [9.17, 15) is 13.2 Å². The molecule has 0 N–H and O–H groups in total. The lowest BCUT2D eigenvalue weighted by molar-refractivity contribution is -0.128. The second-order valence-electron chi connectivity index (χ2n) is 8.24. The van der Waals surface area contributed by atoms with Crippen LogP contribution in [0.25, 0.3) is 11.0 Å². The Balaban J connectivity index is 1.51. The Labute approximate surface area is 194 Å². The molecule has 1 aromatic heterocycles. The summed E-state index contributed by atoms with van der Waals surface area (Å²) in [6, 6.07) is 5.13. The largest absolute Gasteiger partial charge is 0.379 e. The molecule has 0 spiro atoms. The molecule has 1 amide bonds. The third-order valence-corrected chi connectivity index (χ3v) is 9.00. The van der Waals surface area contributed by atoms with Gasteiger partial charge in [0.15, 0.2) is 5.16 Å². The van der Waals surface area contributed by atoms with Crippen LogP contribution in [0.15, 0.2) is 28.3 Å². The summed E-state index contributed by atoms with van der Waals surface area (Å²) in [5.41, 5.74) is 1.53. The number of hydrogen-bond donors (Lipinski definition) is 0. The third kappa shape index (κ3) is 5.13. The molecular weight excluding hydrogens is 448 g/mol. The van der Waals surface area contributed by atoms with Crippen LogP contribution in [0.2, 0.25) is 0 Å². The fraction of sp³-hybridized carbons (Fsp3) is 0.636. The van der Waals surface area contributed by atoms with E-state index in [0.717, 1.165) is 36.6 Å². The summed E-state index contributed by atoms with van der Waals surface area (Å²) in [5, 5.41) is 0.754. The van der Waals surface area contributed by atoms with Crippen molar-refractivity contribution in [2.24, 2.45) is 0 Å². The van der Waals surface area contributed by atoms with Crippen LogP contribution in [0.1, 0.15) is 39.0 Å². The number of likely N-dealkylation sites (tertiary alicyclic amines) is 1. The molecule has 8 nitrogen and oxygen atoms in total. The number of fused-ring (bicyclic) bond motifs is 1. The Hall–Kier alpha value is -1.62. The number of thioether (sulfide) groups is 1. The number of morpholine rings is 1. The molecular formula is C22H32N4O4S2. The average molecular weight is 481 g/mol. The first kappa shape index (κ1) is 23.5. The number of aromatic nitrogens is 2. The average Bonchev–Trinajstić information content (AvgIpc) is 3.14. The summed E-state index contributed by atoms with van der Waals surface area (Å²) in [5.74, 6) is 0.504. The molecule has 0 unspecified atom stereocenters. The van der Waals surface area contributed by atoms with Crippen molar-refractivity contribution in [1.29, 1.82) is 0 Å². The highest BCUT2D eigenvalue weighted by Gasteiger charge is 2.27. The van der Waals surface area contributed by atoms with E-state index in [1.54, 1.807) is 12.1 Å². The van der Waals surface area contributed by atoms with E-state index in [4.69, 9.17) is 9.72 Å². The minimum atomic E-state index is -3.57. The standard InChI is InChI=1S/C22H32N4O4S2/c1-2-26-20-9-8-18(32(28,29)25-12-14-30-15-13-25)16-19(20)23-22(26)31-17-21(27)24-10-6-4-3-5-7-11-24/h8-9,16H,2-7,10-15,17H2,1H3. The number of sulfonamides is 1. The zero-order valence-electron chi connectivity index (χ0n) is 18.7. The number of carbonyl (C=O) groups excluding carboxylic acids is 1. The monoisotopic (exact) mass is 480 g/mol. The number of nitrogens with zero attached hydrogens (tertiary/aromatic N) is 4. The Kier molecular flexibility index (Phi) is 7.75. The Bertz CT molecular complexity index is 1040. The maximum absolute atomic E-state index is 13.0. The summed E-state index contributed by atoms with van der Waals surface area (Å²) in [4.78, 5) is 19.7. The van der Waals surface area contributed by atoms with Gasteiger partial charge in [0.25, 0.3) is 0 Å². The van der Waals surface area contributed by atoms with Crippen LogP contribution in [0.4, 0.5) is 0 Å². The van der Waals surface area contributed by atoms with E-state index < -0.39 is 10.0 Å². The number of benzene rings is 1. The van der Waals surface area contributed by atoms with Crippen molar-refractivity contribution >= 4 is 38.7 Å². The lowest BCUT2D eigenvalue weighted by Gasteiger charge is -2.26. The van der Waals surface area contributed by atoms with E-state index in [2.05, 4.69) is 0 Å². The molecule has 1 aromatic carbocycles. The highest BCUT2D eigenvalue weighted by molar-refractivity contribution is 7.99. The third-order valence-electron chi connectivity index (χ3n) is 6.14. The lowest BCUT2D eigenvalue weighted by Crippen LogP contribution is -2.40. The fourth-order valence-electron chi connectivity index (χ4n) is 4.31. The predicted molar refractivity (Wildman–Crippen MR) is 125 cm³/mol. The Morgan fingerprint density at radius 3 is 2.44 bits per heavy atom. The van der Waals surface area contributed by atoms with Crippen molar-refractivity contribution in [2.45, 2.75) is 55.6 Å².